The van der Waals surface area contributed by atoms with E-state index in [9.17, 15) is 14.9 Å². The van der Waals surface area contributed by atoms with Crippen molar-refractivity contribution in [2.75, 3.05) is 0 Å². The number of carbonyl (C=O) groups excluding carboxylic acids is 2. The molecule has 1 aliphatic carbocycles. The summed E-state index contributed by atoms with van der Waals surface area (Å²) in [6.07, 6.45) is 10.7. The Morgan fingerprint density at radius 2 is 1.68 bits per heavy atom. The zero-order valence-electron chi connectivity index (χ0n) is 20.3. The Bertz CT molecular complexity index is 966. The number of benzene rings is 1. The predicted octanol–water partition coefficient (Wildman–Crippen LogP) is 4.60. The second kappa shape index (κ2) is 12.9. The van der Waals surface area contributed by atoms with E-state index in [0.717, 1.165) is 44.9 Å². The van der Waals surface area contributed by atoms with Crippen LogP contribution in [0.4, 0.5) is 0 Å². The van der Waals surface area contributed by atoms with Crippen LogP contribution in [0.5, 0.6) is 0 Å². The molecule has 2 N–H and O–H groups in total. The van der Waals surface area contributed by atoms with Crippen LogP contribution in [0.15, 0.2) is 48.8 Å². The first-order valence-electron chi connectivity index (χ1n) is 12.4. The highest BCUT2D eigenvalue weighted by Gasteiger charge is 2.33. The van der Waals surface area contributed by atoms with Gasteiger partial charge in [-0.1, -0.05) is 38.8 Å². The third-order valence-electron chi connectivity index (χ3n) is 6.50. The largest absolute Gasteiger partial charge is 0.349 e. The zero-order valence-corrected chi connectivity index (χ0v) is 20.3. The van der Waals surface area contributed by atoms with Crippen molar-refractivity contribution in [3.05, 3.63) is 65.5 Å². The van der Waals surface area contributed by atoms with Crippen molar-refractivity contribution in [2.45, 2.75) is 77.3 Å². The average Bonchev–Trinajstić information content (AvgIpc) is 2.84. The van der Waals surface area contributed by atoms with Crippen molar-refractivity contribution >= 4 is 11.8 Å². The van der Waals surface area contributed by atoms with Crippen LogP contribution in [0.25, 0.3) is 0 Å². The minimum atomic E-state index is -0.489. The Labute approximate surface area is 203 Å². The van der Waals surface area contributed by atoms with Crippen LogP contribution in [0.2, 0.25) is 0 Å². The first-order chi connectivity index (χ1) is 16.5. The lowest BCUT2D eigenvalue weighted by atomic mass is 9.83. The fourth-order valence-electron chi connectivity index (χ4n) is 4.63. The molecule has 3 rings (SSSR count). The molecule has 0 bridgehead atoms. The molecule has 1 aliphatic rings. The van der Waals surface area contributed by atoms with Crippen molar-refractivity contribution in [1.29, 1.82) is 5.26 Å². The quantitative estimate of drug-likeness (QED) is 0.542. The van der Waals surface area contributed by atoms with Gasteiger partial charge in [0.25, 0.3) is 5.91 Å². The monoisotopic (exact) mass is 460 g/mol. The van der Waals surface area contributed by atoms with E-state index in [1.54, 1.807) is 0 Å². The lowest BCUT2D eigenvalue weighted by Crippen LogP contribution is -2.50. The van der Waals surface area contributed by atoms with E-state index in [4.69, 9.17) is 0 Å². The molecule has 0 aliphatic heterocycles. The van der Waals surface area contributed by atoms with Crippen LogP contribution in [0.1, 0.15) is 73.9 Å². The number of rotatable bonds is 10. The van der Waals surface area contributed by atoms with E-state index in [1.807, 2.05) is 62.6 Å². The van der Waals surface area contributed by atoms with Gasteiger partial charge >= 0.3 is 0 Å². The normalized spacial score (nSPS) is 18.6. The summed E-state index contributed by atoms with van der Waals surface area (Å²) in [6.45, 7) is 4.07. The van der Waals surface area contributed by atoms with E-state index >= 15 is 0 Å². The van der Waals surface area contributed by atoms with Gasteiger partial charge in [-0.3, -0.25) is 14.6 Å². The molecule has 6 nitrogen and oxygen atoms in total. The van der Waals surface area contributed by atoms with E-state index in [1.165, 1.54) is 11.1 Å². The first kappa shape index (κ1) is 25.4. The van der Waals surface area contributed by atoms with Gasteiger partial charge in [0.2, 0.25) is 5.91 Å². The number of amides is 2. The third-order valence-corrected chi connectivity index (χ3v) is 6.50. The highest BCUT2D eigenvalue weighted by Crippen LogP contribution is 2.25. The predicted molar refractivity (Wildman–Crippen MR) is 133 cm³/mol. The summed E-state index contributed by atoms with van der Waals surface area (Å²) < 4.78 is 0. The molecular formula is C28H36N4O2. The zero-order chi connectivity index (χ0) is 24.3. The second-order valence-corrected chi connectivity index (χ2v) is 9.70. The molecule has 0 unspecified atom stereocenters. The Hall–Kier alpha value is -3.20. The van der Waals surface area contributed by atoms with Gasteiger partial charge in [0, 0.05) is 24.0 Å². The molecule has 0 radical (unpaired) electrons. The van der Waals surface area contributed by atoms with Gasteiger partial charge < -0.3 is 10.6 Å². The van der Waals surface area contributed by atoms with Gasteiger partial charge in [0.05, 0.1) is 12.0 Å². The lowest BCUT2D eigenvalue weighted by molar-refractivity contribution is -0.127. The lowest BCUT2D eigenvalue weighted by Gasteiger charge is -2.32. The molecule has 1 aromatic heterocycles. The standard InChI is InChI=1S/C28H36N4O2/c1-20(2)18-24(19-29)31-28(34)25-8-3-4-9-26(25)32-27(33)23-12-10-21(11-13-23)6-5-7-22-14-16-30-17-15-22/h10-17,20,24-26H,3-9,18H2,1-2H3,(H,31,34)(H,32,33)/t24-,25+,26-/m0/s1. The molecule has 1 aromatic carbocycles. The molecule has 1 fully saturated rings. The van der Waals surface area contributed by atoms with Crippen LogP contribution in [0.3, 0.4) is 0 Å². The molecule has 1 saturated carbocycles. The second-order valence-electron chi connectivity index (χ2n) is 9.70. The molecule has 0 saturated heterocycles. The van der Waals surface area contributed by atoms with Gasteiger partial charge in [0.1, 0.15) is 6.04 Å². The summed E-state index contributed by atoms with van der Waals surface area (Å²) in [7, 11) is 0. The highest BCUT2D eigenvalue weighted by molar-refractivity contribution is 5.95. The van der Waals surface area contributed by atoms with Crippen molar-refractivity contribution < 1.29 is 9.59 Å². The van der Waals surface area contributed by atoms with Crippen molar-refractivity contribution in [3.8, 4) is 6.07 Å². The fraction of sp³-hybridized carbons (Fsp3) is 0.500. The Morgan fingerprint density at radius 3 is 2.32 bits per heavy atom. The van der Waals surface area contributed by atoms with Crippen LogP contribution < -0.4 is 10.6 Å². The fourth-order valence-corrected chi connectivity index (χ4v) is 4.63. The summed E-state index contributed by atoms with van der Waals surface area (Å²) >= 11 is 0. The van der Waals surface area contributed by atoms with Crippen LogP contribution in [0, 0.1) is 23.2 Å². The van der Waals surface area contributed by atoms with Crippen LogP contribution >= 0.6 is 0 Å². The van der Waals surface area contributed by atoms with Crippen molar-refractivity contribution in [1.82, 2.24) is 15.6 Å². The minimum absolute atomic E-state index is 0.123. The molecule has 180 valence electrons. The van der Waals surface area contributed by atoms with Crippen LogP contribution in [-0.4, -0.2) is 28.9 Å². The average molecular weight is 461 g/mol. The molecule has 2 amide bonds. The molecule has 34 heavy (non-hydrogen) atoms. The Balaban J connectivity index is 1.53. The Kier molecular flexibility index (Phi) is 9.63. The van der Waals surface area contributed by atoms with E-state index < -0.39 is 6.04 Å². The maximum Gasteiger partial charge on any atom is 0.251 e. The SMILES string of the molecule is CC(C)C[C@@H](C#N)NC(=O)[C@@H]1CCCC[C@@H]1NC(=O)c1ccc(CCCc2ccncc2)cc1. The first-order valence-corrected chi connectivity index (χ1v) is 12.4. The van der Waals surface area contributed by atoms with Crippen molar-refractivity contribution in [3.63, 3.8) is 0 Å². The number of pyridine rings is 1. The molecular weight excluding hydrogens is 424 g/mol. The Morgan fingerprint density at radius 1 is 1.03 bits per heavy atom. The highest BCUT2D eigenvalue weighted by atomic mass is 16.2. The number of aryl methyl sites for hydroxylation is 2. The maximum absolute atomic E-state index is 12.9. The van der Waals surface area contributed by atoms with Gasteiger partial charge in [-0.25, -0.2) is 0 Å². The van der Waals surface area contributed by atoms with Gasteiger partial charge in [0.15, 0.2) is 0 Å². The van der Waals surface area contributed by atoms with Gasteiger partial charge in [-0.2, -0.15) is 5.26 Å². The maximum atomic E-state index is 12.9. The summed E-state index contributed by atoms with van der Waals surface area (Å²) in [6, 6.07) is 13.3. The molecule has 2 aromatic rings. The molecule has 6 heteroatoms. The number of hydrogen-bond donors (Lipinski definition) is 2. The van der Waals surface area contributed by atoms with E-state index in [2.05, 4.69) is 21.7 Å². The molecule has 3 atom stereocenters. The number of carbonyl (C=O) groups is 2. The number of nitrogens with zero attached hydrogens (tertiary/aromatic N) is 2. The summed E-state index contributed by atoms with van der Waals surface area (Å²) in [4.78, 5) is 29.9. The number of hydrogen-bond acceptors (Lipinski definition) is 4. The van der Waals surface area contributed by atoms with Crippen LogP contribution in [-0.2, 0) is 17.6 Å². The summed E-state index contributed by atoms with van der Waals surface area (Å²) in [5.74, 6) is -0.243. The van der Waals surface area contributed by atoms with Gasteiger partial charge in [-0.15, -0.1) is 0 Å². The minimum Gasteiger partial charge on any atom is -0.349 e. The topological polar surface area (TPSA) is 94.9 Å². The summed E-state index contributed by atoms with van der Waals surface area (Å²) in [5.41, 5.74) is 3.09. The number of nitriles is 1. The molecule has 0 spiro atoms. The smallest absolute Gasteiger partial charge is 0.251 e. The number of nitrogens with one attached hydrogen (secondary N) is 2. The number of aromatic nitrogens is 1. The van der Waals surface area contributed by atoms with E-state index in [0.29, 0.717) is 17.9 Å². The van der Waals surface area contributed by atoms with E-state index in [-0.39, 0.29) is 23.8 Å². The summed E-state index contributed by atoms with van der Waals surface area (Å²) in [5, 5.41) is 15.4. The van der Waals surface area contributed by atoms with Gasteiger partial charge in [-0.05, 0) is 79.8 Å². The van der Waals surface area contributed by atoms with Crippen molar-refractivity contribution in [2.24, 2.45) is 11.8 Å². The third kappa shape index (κ3) is 7.69. The molecule has 1 heterocycles.